The van der Waals surface area contributed by atoms with E-state index in [0.717, 1.165) is 18.3 Å². The summed E-state index contributed by atoms with van der Waals surface area (Å²) in [4.78, 5) is 10.6. The van der Waals surface area contributed by atoms with E-state index in [2.05, 4.69) is 34.3 Å². The highest BCUT2D eigenvalue weighted by Gasteiger charge is 2.32. The Morgan fingerprint density at radius 2 is 2.18 bits per heavy atom. The molecule has 0 bridgehead atoms. The van der Waals surface area contributed by atoms with Crippen molar-refractivity contribution >= 4 is 17.4 Å². The number of aryl methyl sites for hydroxylation is 1. The zero-order chi connectivity index (χ0) is 12.4. The van der Waals surface area contributed by atoms with Crippen LogP contribution in [-0.4, -0.2) is 41.5 Å². The lowest BCUT2D eigenvalue weighted by Crippen LogP contribution is -2.36. The largest absolute Gasteiger partial charge is 0.368 e. The summed E-state index contributed by atoms with van der Waals surface area (Å²) in [5, 5.41) is 3.85. The fourth-order valence-corrected chi connectivity index (χ4v) is 2.31. The third kappa shape index (κ3) is 3.54. The van der Waals surface area contributed by atoms with E-state index in [9.17, 15) is 0 Å². The minimum Gasteiger partial charge on any atom is -0.368 e. The van der Waals surface area contributed by atoms with Crippen molar-refractivity contribution in [3.63, 3.8) is 0 Å². The minimum atomic E-state index is 0.493. The molecule has 0 amide bonds. The van der Waals surface area contributed by atoms with E-state index in [4.69, 9.17) is 11.6 Å². The van der Waals surface area contributed by atoms with Gasteiger partial charge in [0.1, 0.15) is 16.8 Å². The Balaban J connectivity index is 1.95. The number of rotatable bonds is 5. The molecule has 1 aliphatic carbocycles. The van der Waals surface area contributed by atoms with E-state index < -0.39 is 0 Å². The van der Waals surface area contributed by atoms with Crippen molar-refractivity contribution in [2.45, 2.75) is 25.8 Å². The summed E-state index contributed by atoms with van der Waals surface area (Å²) in [7, 11) is 4.26. The molecule has 1 heterocycles. The number of nitrogens with zero attached hydrogens (tertiary/aromatic N) is 3. The topological polar surface area (TPSA) is 41.1 Å². The number of halogens is 1. The van der Waals surface area contributed by atoms with Crippen LogP contribution >= 0.6 is 11.6 Å². The van der Waals surface area contributed by atoms with E-state index in [1.54, 1.807) is 6.07 Å². The maximum atomic E-state index is 5.90. The van der Waals surface area contributed by atoms with Gasteiger partial charge >= 0.3 is 0 Å². The van der Waals surface area contributed by atoms with Gasteiger partial charge in [0.15, 0.2) is 0 Å². The second kappa shape index (κ2) is 5.19. The molecule has 2 rings (SSSR count). The molecular formula is C12H19ClN4. The van der Waals surface area contributed by atoms with Gasteiger partial charge in [0, 0.05) is 18.7 Å². The Bertz CT molecular complexity index is 368. The smallest absolute Gasteiger partial charge is 0.134 e. The lowest BCUT2D eigenvalue weighted by atomic mass is 10.1. The Hall–Kier alpha value is -0.870. The average Bonchev–Trinajstić information content (AvgIpc) is 3.00. The van der Waals surface area contributed by atoms with Crippen molar-refractivity contribution in [3.8, 4) is 0 Å². The van der Waals surface area contributed by atoms with E-state index in [1.165, 1.54) is 12.8 Å². The fraction of sp³-hybridized carbons (Fsp3) is 0.667. The molecule has 0 radical (unpaired) electrons. The van der Waals surface area contributed by atoms with E-state index in [1.807, 2.05) is 6.92 Å². The Labute approximate surface area is 107 Å². The molecule has 5 heteroatoms. The molecule has 94 valence electrons. The van der Waals surface area contributed by atoms with Gasteiger partial charge in [-0.15, -0.1) is 0 Å². The molecule has 1 aromatic rings. The van der Waals surface area contributed by atoms with Gasteiger partial charge in [-0.3, -0.25) is 0 Å². The lowest BCUT2D eigenvalue weighted by molar-refractivity contribution is 0.276. The molecule has 0 aliphatic heterocycles. The van der Waals surface area contributed by atoms with Crippen LogP contribution in [-0.2, 0) is 0 Å². The van der Waals surface area contributed by atoms with Crippen molar-refractivity contribution in [2.75, 3.05) is 26.0 Å². The molecule has 0 aromatic carbocycles. The molecule has 1 unspecified atom stereocenters. The van der Waals surface area contributed by atoms with Gasteiger partial charge in [-0.05, 0) is 39.8 Å². The van der Waals surface area contributed by atoms with Gasteiger partial charge in [-0.1, -0.05) is 11.6 Å². The van der Waals surface area contributed by atoms with Crippen LogP contribution in [0.5, 0.6) is 0 Å². The van der Waals surface area contributed by atoms with Crippen molar-refractivity contribution in [2.24, 2.45) is 5.92 Å². The zero-order valence-corrected chi connectivity index (χ0v) is 11.3. The van der Waals surface area contributed by atoms with Gasteiger partial charge in [-0.25, -0.2) is 9.97 Å². The summed E-state index contributed by atoms with van der Waals surface area (Å²) < 4.78 is 0. The summed E-state index contributed by atoms with van der Waals surface area (Å²) in [6, 6.07) is 2.35. The summed E-state index contributed by atoms with van der Waals surface area (Å²) >= 11 is 5.90. The van der Waals surface area contributed by atoms with E-state index >= 15 is 0 Å². The molecule has 1 aromatic heterocycles. The zero-order valence-electron chi connectivity index (χ0n) is 10.6. The SMILES string of the molecule is Cc1nc(Cl)cc(NCC(C2CC2)N(C)C)n1. The van der Waals surface area contributed by atoms with Crippen molar-refractivity contribution in [1.29, 1.82) is 0 Å². The quantitative estimate of drug-likeness (QED) is 0.818. The Kier molecular flexibility index (Phi) is 3.84. The molecular weight excluding hydrogens is 236 g/mol. The van der Waals surface area contributed by atoms with Gasteiger partial charge in [-0.2, -0.15) is 0 Å². The summed E-state index contributed by atoms with van der Waals surface area (Å²) in [5.74, 6) is 2.35. The normalized spacial score (nSPS) is 17.2. The van der Waals surface area contributed by atoms with Gasteiger partial charge < -0.3 is 10.2 Å². The molecule has 17 heavy (non-hydrogen) atoms. The third-order valence-corrected chi connectivity index (χ3v) is 3.32. The van der Waals surface area contributed by atoms with Crippen molar-refractivity contribution in [3.05, 3.63) is 17.0 Å². The maximum absolute atomic E-state index is 5.90. The van der Waals surface area contributed by atoms with Crippen LogP contribution in [0.1, 0.15) is 18.7 Å². The van der Waals surface area contributed by atoms with E-state index in [0.29, 0.717) is 17.0 Å². The number of likely N-dealkylation sites (N-methyl/N-ethyl adjacent to an activating group) is 1. The van der Waals surface area contributed by atoms with Crippen LogP contribution in [0.2, 0.25) is 5.15 Å². The maximum Gasteiger partial charge on any atom is 0.134 e. The van der Waals surface area contributed by atoms with Crippen LogP contribution in [0.3, 0.4) is 0 Å². The Morgan fingerprint density at radius 1 is 1.47 bits per heavy atom. The van der Waals surface area contributed by atoms with Crippen LogP contribution in [0, 0.1) is 12.8 Å². The minimum absolute atomic E-state index is 0.493. The predicted molar refractivity (Wildman–Crippen MR) is 70.5 cm³/mol. The molecule has 0 spiro atoms. The van der Waals surface area contributed by atoms with Gasteiger partial charge in [0.2, 0.25) is 0 Å². The standard InChI is InChI=1S/C12H19ClN4/c1-8-15-11(13)6-12(16-8)14-7-10(17(2)3)9-4-5-9/h6,9-10H,4-5,7H2,1-3H3,(H,14,15,16). The summed E-state index contributed by atoms with van der Waals surface area (Å²) in [5.41, 5.74) is 0. The molecule has 1 fully saturated rings. The van der Waals surface area contributed by atoms with Crippen LogP contribution < -0.4 is 5.32 Å². The van der Waals surface area contributed by atoms with Crippen LogP contribution in [0.4, 0.5) is 5.82 Å². The van der Waals surface area contributed by atoms with Crippen LogP contribution in [0.25, 0.3) is 0 Å². The molecule has 0 saturated heterocycles. The first-order valence-electron chi connectivity index (χ1n) is 5.98. The molecule has 1 atom stereocenters. The van der Waals surface area contributed by atoms with Crippen molar-refractivity contribution < 1.29 is 0 Å². The number of aromatic nitrogens is 2. The number of hydrogen-bond donors (Lipinski definition) is 1. The number of anilines is 1. The predicted octanol–water partition coefficient (Wildman–Crippen LogP) is 2.19. The molecule has 1 N–H and O–H groups in total. The molecule has 4 nitrogen and oxygen atoms in total. The lowest BCUT2D eigenvalue weighted by Gasteiger charge is -2.24. The number of hydrogen-bond acceptors (Lipinski definition) is 4. The molecule has 1 aliphatic rings. The van der Waals surface area contributed by atoms with Crippen molar-refractivity contribution in [1.82, 2.24) is 14.9 Å². The summed E-state index contributed by atoms with van der Waals surface area (Å²) in [6.07, 6.45) is 2.68. The first-order valence-corrected chi connectivity index (χ1v) is 6.35. The Morgan fingerprint density at radius 3 is 2.71 bits per heavy atom. The third-order valence-electron chi connectivity index (χ3n) is 3.13. The first-order chi connectivity index (χ1) is 8.06. The number of nitrogens with one attached hydrogen (secondary N) is 1. The average molecular weight is 255 g/mol. The monoisotopic (exact) mass is 254 g/mol. The second-order valence-corrected chi connectivity index (χ2v) is 5.26. The highest BCUT2D eigenvalue weighted by atomic mass is 35.5. The van der Waals surface area contributed by atoms with Gasteiger partial charge in [0.05, 0.1) is 0 Å². The fourth-order valence-electron chi connectivity index (χ4n) is 2.08. The summed E-state index contributed by atoms with van der Waals surface area (Å²) in [6.45, 7) is 2.76. The first kappa shape index (κ1) is 12.6. The van der Waals surface area contributed by atoms with E-state index in [-0.39, 0.29) is 0 Å². The highest BCUT2D eigenvalue weighted by molar-refractivity contribution is 6.29. The van der Waals surface area contributed by atoms with Gasteiger partial charge in [0.25, 0.3) is 0 Å². The molecule has 1 saturated carbocycles. The van der Waals surface area contributed by atoms with Crippen LogP contribution in [0.15, 0.2) is 6.07 Å². The second-order valence-electron chi connectivity index (χ2n) is 4.87. The highest BCUT2D eigenvalue weighted by Crippen LogP contribution is 2.34.